The van der Waals surface area contributed by atoms with Crippen molar-refractivity contribution in [3.8, 4) is 0 Å². The Bertz CT molecular complexity index is 583. The first-order valence-electron chi connectivity index (χ1n) is 7.70. The normalized spacial score (nSPS) is 15.5. The highest BCUT2D eigenvalue weighted by Gasteiger charge is 2.15. The number of nitrogens with zero attached hydrogens (tertiary/aromatic N) is 2. The van der Waals surface area contributed by atoms with Crippen LogP contribution < -0.4 is 5.32 Å². The zero-order valence-corrected chi connectivity index (χ0v) is 13.6. The standard InChI is InChI=1S/C17H23N3S/c1-13-14(12-20(2)19-13)11-18-15-7-9-17(10-8-15)21-16-5-3-4-6-16/h7-10,12,16,18H,3-6,11H2,1-2H3. The summed E-state index contributed by atoms with van der Waals surface area (Å²) >= 11 is 2.04. The molecule has 1 aromatic heterocycles. The summed E-state index contributed by atoms with van der Waals surface area (Å²) in [6.07, 6.45) is 7.64. The van der Waals surface area contributed by atoms with Crippen LogP contribution in [0.4, 0.5) is 5.69 Å². The van der Waals surface area contributed by atoms with Crippen molar-refractivity contribution in [3.05, 3.63) is 41.7 Å². The van der Waals surface area contributed by atoms with Gasteiger partial charge in [0.15, 0.2) is 0 Å². The fraction of sp³-hybridized carbons (Fsp3) is 0.471. The molecule has 0 unspecified atom stereocenters. The van der Waals surface area contributed by atoms with Crippen LogP contribution in [0.2, 0.25) is 0 Å². The van der Waals surface area contributed by atoms with Gasteiger partial charge in [0.2, 0.25) is 0 Å². The first-order valence-corrected chi connectivity index (χ1v) is 8.58. The molecule has 3 nitrogen and oxygen atoms in total. The van der Waals surface area contributed by atoms with E-state index >= 15 is 0 Å². The SMILES string of the molecule is Cc1nn(C)cc1CNc1ccc(SC2CCCC2)cc1. The summed E-state index contributed by atoms with van der Waals surface area (Å²) in [4.78, 5) is 1.39. The minimum atomic E-state index is 0.828. The lowest BCUT2D eigenvalue weighted by atomic mass is 10.2. The monoisotopic (exact) mass is 301 g/mol. The Kier molecular flexibility index (Phi) is 4.54. The molecule has 1 aliphatic carbocycles. The molecule has 1 fully saturated rings. The van der Waals surface area contributed by atoms with Crippen molar-refractivity contribution in [1.82, 2.24) is 9.78 Å². The molecule has 112 valence electrons. The third-order valence-corrected chi connectivity index (χ3v) is 5.41. The van der Waals surface area contributed by atoms with E-state index in [0.29, 0.717) is 0 Å². The first kappa shape index (κ1) is 14.5. The van der Waals surface area contributed by atoms with Crippen molar-refractivity contribution in [2.24, 2.45) is 7.05 Å². The molecule has 1 aliphatic rings. The summed E-state index contributed by atoms with van der Waals surface area (Å²) in [7, 11) is 1.96. The highest BCUT2D eigenvalue weighted by atomic mass is 32.2. The fourth-order valence-electron chi connectivity index (χ4n) is 2.87. The van der Waals surface area contributed by atoms with E-state index in [1.54, 1.807) is 0 Å². The quantitative estimate of drug-likeness (QED) is 0.889. The highest BCUT2D eigenvalue weighted by Crippen LogP contribution is 2.34. The molecule has 1 saturated carbocycles. The van der Waals surface area contributed by atoms with Gasteiger partial charge in [-0.15, -0.1) is 11.8 Å². The molecule has 0 aliphatic heterocycles. The van der Waals surface area contributed by atoms with E-state index in [1.165, 1.54) is 41.8 Å². The molecule has 0 saturated heterocycles. The molecular weight excluding hydrogens is 278 g/mol. The van der Waals surface area contributed by atoms with Gasteiger partial charge in [-0.25, -0.2) is 0 Å². The second-order valence-electron chi connectivity index (χ2n) is 5.82. The molecule has 1 aromatic carbocycles. The number of hydrogen-bond acceptors (Lipinski definition) is 3. The number of rotatable bonds is 5. The summed E-state index contributed by atoms with van der Waals surface area (Å²) in [5.74, 6) is 0. The van der Waals surface area contributed by atoms with Gasteiger partial charge in [-0.05, 0) is 44.0 Å². The first-order chi connectivity index (χ1) is 10.2. The van der Waals surface area contributed by atoms with Crippen molar-refractivity contribution in [3.63, 3.8) is 0 Å². The Morgan fingerprint density at radius 3 is 2.57 bits per heavy atom. The van der Waals surface area contributed by atoms with Gasteiger partial charge in [0.25, 0.3) is 0 Å². The summed E-state index contributed by atoms with van der Waals surface area (Å²) in [6.45, 7) is 2.88. The molecule has 0 spiro atoms. The van der Waals surface area contributed by atoms with E-state index in [-0.39, 0.29) is 0 Å². The number of thioether (sulfide) groups is 1. The fourth-order valence-corrected chi connectivity index (χ4v) is 4.12. The number of hydrogen-bond donors (Lipinski definition) is 1. The largest absolute Gasteiger partial charge is 0.381 e. The van der Waals surface area contributed by atoms with Gasteiger partial charge in [0.1, 0.15) is 0 Å². The van der Waals surface area contributed by atoms with Crippen LogP contribution in [0.5, 0.6) is 0 Å². The lowest BCUT2D eigenvalue weighted by Crippen LogP contribution is -2.00. The zero-order chi connectivity index (χ0) is 14.7. The van der Waals surface area contributed by atoms with Crippen LogP contribution >= 0.6 is 11.8 Å². The Labute approximate surface area is 131 Å². The smallest absolute Gasteiger partial charge is 0.0643 e. The van der Waals surface area contributed by atoms with Crippen LogP contribution in [0.25, 0.3) is 0 Å². The van der Waals surface area contributed by atoms with Gasteiger partial charge in [-0.3, -0.25) is 4.68 Å². The average molecular weight is 301 g/mol. The Morgan fingerprint density at radius 2 is 1.95 bits per heavy atom. The Morgan fingerprint density at radius 1 is 1.24 bits per heavy atom. The predicted molar refractivity (Wildman–Crippen MR) is 89.8 cm³/mol. The minimum Gasteiger partial charge on any atom is -0.381 e. The van der Waals surface area contributed by atoms with E-state index in [4.69, 9.17) is 0 Å². The zero-order valence-electron chi connectivity index (χ0n) is 12.8. The van der Waals surface area contributed by atoms with Crippen molar-refractivity contribution in [2.45, 2.75) is 49.3 Å². The number of anilines is 1. The second-order valence-corrected chi connectivity index (χ2v) is 7.19. The molecule has 0 bridgehead atoms. The summed E-state index contributed by atoms with van der Waals surface area (Å²) in [6, 6.07) is 8.84. The Balaban J connectivity index is 1.55. The number of nitrogens with one attached hydrogen (secondary N) is 1. The van der Waals surface area contributed by atoms with Crippen LogP contribution in [-0.4, -0.2) is 15.0 Å². The van der Waals surface area contributed by atoms with Gasteiger partial charge in [-0.1, -0.05) is 12.8 Å². The Hall–Kier alpha value is -1.42. The van der Waals surface area contributed by atoms with E-state index < -0.39 is 0 Å². The molecule has 0 atom stereocenters. The van der Waals surface area contributed by atoms with E-state index in [0.717, 1.165) is 17.5 Å². The number of aromatic nitrogens is 2. The third kappa shape index (κ3) is 3.82. The van der Waals surface area contributed by atoms with Crippen LogP contribution in [0.3, 0.4) is 0 Å². The average Bonchev–Trinajstić information content (AvgIpc) is 3.08. The van der Waals surface area contributed by atoms with E-state index in [1.807, 2.05) is 23.5 Å². The van der Waals surface area contributed by atoms with Crippen molar-refractivity contribution >= 4 is 17.4 Å². The molecule has 0 radical (unpaired) electrons. The van der Waals surface area contributed by atoms with Gasteiger partial charge in [-0.2, -0.15) is 5.10 Å². The van der Waals surface area contributed by atoms with Crippen molar-refractivity contribution in [1.29, 1.82) is 0 Å². The number of aryl methyl sites for hydroxylation is 2. The maximum Gasteiger partial charge on any atom is 0.0643 e. The summed E-state index contributed by atoms with van der Waals surface area (Å²) in [5, 5.41) is 8.68. The molecule has 3 rings (SSSR count). The maximum absolute atomic E-state index is 4.37. The van der Waals surface area contributed by atoms with Gasteiger partial charge in [0.05, 0.1) is 5.69 Å². The number of benzene rings is 1. The lowest BCUT2D eigenvalue weighted by Gasteiger charge is -2.10. The lowest BCUT2D eigenvalue weighted by molar-refractivity contribution is 0.756. The highest BCUT2D eigenvalue weighted by molar-refractivity contribution is 8.00. The second kappa shape index (κ2) is 6.56. The van der Waals surface area contributed by atoms with Crippen molar-refractivity contribution in [2.75, 3.05) is 5.32 Å². The van der Waals surface area contributed by atoms with Crippen LogP contribution in [-0.2, 0) is 13.6 Å². The third-order valence-electron chi connectivity index (χ3n) is 4.06. The molecule has 1 heterocycles. The minimum absolute atomic E-state index is 0.828. The topological polar surface area (TPSA) is 29.9 Å². The molecule has 21 heavy (non-hydrogen) atoms. The molecule has 2 aromatic rings. The van der Waals surface area contributed by atoms with Gasteiger partial charge in [0, 0.05) is 41.2 Å². The molecular formula is C17H23N3S. The van der Waals surface area contributed by atoms with Crippen LogP contribution in [0.15, 0.2) is 35.4 Å². The van der Waals surface area contributed by atoms with Crippen LogP contribution in [0.1, 0.15) is 36.9 Å². The summed E-state index contributed by atoms with van der Waals surface area (Å²) < 4.78 is 1.87. The molecule has 4 heteroatoms. The summed E-state index contributed by atoms with van der Waals surface area (Å²) in [5.41, 5.74) is 3.52. The molecule has 1 N–H and O–H groups in total. The van der Waals surface area contributed by atoms with Crippen molar-refractivity contribution < 1.29 is 0 Å². The van der Waals surface area contributed by atoms with Crippen LogP contribution in [0, 0.1) is 6.92 Å². The maximum atomic E-state index is 4.37. The van der Waals surface area contributed by atoms with E-state index in [9.17, 15) is 0 Å². The molecule has 0 amide bonds. The van der Waals surface area contributed by atoms with E-state index in [2.05, 4.69) is 47.8 Å². The van der Waals surface area contributed by atoms with Gasteiger partial charge >= 0.3 is 0 Å². The van der Waals surface area contributed by atoms with Gasteiger partial charge < -0.3 is 5.32 Å². The predicted octanol–water partition coefficient (Wildman–Crippen LogP) is 4.38.